The third kappa shape index (κ3) is 9.05. The van der Waals surface area contributed by atoms with Crippen LogP contribution in [0.15, 0.2) is 115 Å². The Morgan fingerprint density at radius 3 is 1.21 bits per heavy atom. The lowest BCUT2D eigenvalue weighted by molar-refractivity contribution is 0.414. The number of benzene rings is 4. The molecule has 0 spiro atoms. The largest absolute Gasteiger partial charge is 0.497 e. The Morgan fingerprint density at radius 2 is 0.842 bits per heavy atom. The number of ether oxygens (including phenoxy) is 2. The zero-order valence-corrected chi connectivity index (χ0v) is 24.1. The van der Waals surface area contributed by atoms with Crippen LogP contribution in [0.3, 0.4) is 0 Å². The van der Waals surface area contributed by atoms with Crippen LogP contribution in [0, 0.1) is 0 Å². The van der Waals surface area contributed by atoms with Gasteiger partial charge in [0.25, 0.3) is 0 Å². The molecule has 4 N–H and O–H groups in total. The zero-order chi connectivity index (χ0) is 28.4. The molecule has 0 saturated carbocycles. The van der Waals surface area contributed by atoms with Crippen LogP contribution >= 0.6 is 0 Å². The topological polar surface area (TPSA) is 70.5 Å². The van der Waals surface area contributed by atoms with Gasteiger partial charge in [-0.15, -0.1) is 0 Å². The minimum Gasteiger partial charge on any atom is -0.497 e. The second kappa shape index (κ2) is 17.0. The summed E-state index contributed by atoms with van der Waals surface area (Å²) in [6, 6.07) is 39.2. The van der Waals surface area contributed by atoms with Gasteiger partial charge in [-0.05, 0) is 66.9 Å². The van der Waals surface area contributed by atoms with E-state index in [9.17, 15) is 0 Å². The monoisotopic (exact) mass is 514 g/mol. The van der Waals surface area contributed by atoms with Crippen molar-refractivity contribution in [2.24, 2.45) is 11.5 Å². The van der Waals surface area contributed by atoms with Gasteiger partial charge in [-0.1, -0.05) is 112 Å². The van der Waals surface area contributed by atoms with Gasteiger partial charge in [0.15, 0.2) is 0 Å². The highest BCUT2D eigenvalue weighted by atomic mass is 16.5. The SMILES string of the molecule is CC1(C)CC(C)(c2ccccc2)c2ccccc21.CN.CN.COc1ccccc1.COc1ccccc1. The maximum absolute atomic E-state index is 4.91. The molecule has 4 aromatic carbocycles. The first-order valence-electron chi connectivity index (χ1n) is 12.9. The van der Waals surface area contributed by atoms with Gasteiger partial charge >= 0.3 is 0 Å². The molecule has 0 aromatic heterocycles. The number of para-hydroxylation sites is 2. The lowest BCUT2D eigenvalue weighted by Gasteiger charge is -2.28. The molecule has 4 aromatic rings. The van der Waals surface area contributed by atoms with Crippen molar-refractivity contribution in [3.05, 3.63) is 132 Å². The van der Waals surface area contributed by atoms with Crippen molar-refractivity contribution in [1.29, 1.82) is 0 Å². The molecule has 1 aliphatic carbocycles. The summed E-state index contributed by atoms with van der Waals surface area (Å²) in [4.78, 5) is 0. The summed E-state index contributed by atoms with van der Waals surface area (Å²) in [6.07, 6.45) is 1.18. The second-order valence-corrected chi connectivity index (χ2v) is 9.34. The first-order chi connectivity index (χ1) is 18.4. The Balaban J connectivity index is 0.000000302. The number of hydrogen-bond donors (Lipinski definition) is 2. The first kappa shape index (κ1) is 32.4. The van der Waals surface area contributed by atoms with Crippen molar-refractivity contribution in [2.75, 3.05) is 28.3 Å². The van der Waals surface area contributed by atoms with Gasteiger partial charge in [-0.3, -0.25) is 0 Å². The summed E-state index contributed by atoms with van der Waals surface area (Å²) in [7, 11) is 6.32. The number of hydrogen-bond acceptors (Lipinski definition) is 4. The lowest BCUT2D eigenvalue weighted by Crippen LogP contribution is -2.23. The minimum atomic E-state index is 0.154. The molecule has 1 aliphatic rings. The molecule has 0 heterocycles. The highest BCUT2D eigenvalue weighted by Gasteiger charge is 2.45. The molecule has 0 radical (unpaired) electrons. The summed E-state index contributed by atoms with van der Waals surface area (Å²) in [5.41, 5.74) is 13.9. The zero-order valence-electron chi connectivity index (χ0n) is 24.1. The van der Waals surface area contributed by atoms with Crippen LogP contribution in [0.5, 0.6) is 11.5 Å². The maximum atomic E-state index is 4.91. The van der Waals surface area contributed by atoms with E-state index in [1.54, 1.807) is 14.2 Å². The van der Waals surface area contributed by atoms with Crippen LogP contribution < -0.4 is 20.9 Å². The Labute approximate surface area is 230 Å². The van der Waals surface area contributed by atoms with E-state index in [-0.39, 0.29) is 10.8 Å². The molecule has 38 heavy (non-hydrogen) atoms. The van der Waals surface area contributed by atoms with Crippen molar-refractivity contribution in [1.82, 2.24) is 0 Å². The van der Waals surface area contributed by atoms with Crippen molar-refractivity contribution < 1.29 is 9.47 Å². The van der Waals surface area contributed by atoms with Crippen LogP contribution in [0.25, 0.3) is 0 Å². The highest BCUT2D eigenvalue weighted by Crippen LogP contribution is 2.52. The molecule has 0 fully saturated rings. The molecule has 0 amide bonds. The normalized spacial score (nSPS) is 15.7. The molecular formula is C34H46N2O2. The third-order valence-corrected chi connectivity index (χ3v) is 6.41. The fourth-order valence-electron chi connectivity index (χ4n) is 4.81. The van der Waals surface area contributed by atoms with Crippen LogP contribution in [0.2, 0.25) is 0 Å². The van der Waals surface area contributed by atoms with Gasteiger partial charge in [0.1, 0.15) is 11.5 Å². The van der Waals surface area contributed by atoms with Crippen molar-refractivity contribution in [3.8, 4) is 11.5 Å². The Bertz CT molecular complexity index is 1090. The van der Waals surface area contributed by atoms with Crippen LogP contribution in [0.1, 0.15) is 43.9 Å². The molecule has 0 saturated heterocycles. The number of nitrogens with two attached hydrogens (primary N) is 2. The summed E-state index contributed by atoms with van der Waals surface area (Å²) in [5.74, 6) is 1.82. The smallest absolute Gasteiger partial charge is 0.118 e. The summed E-state index contributed by atoms with van der Waals surface area (Å²) in [6.45, 7) is 7.11. The lowest BCUT2D eigenvalue weighted by atomic mass is 9.75. The molecule has 0 aliphatic heterocycles. The van der Waals surface area contributed by atoms with E-state index in [1.807, 2.05) is 60.7 Å². The third-order valence-electron chi connectivity index (χ3n) is 6.41. The van der Waals surface area contributed by atoms with E-state index in [4.69, 9.17) is 9.47 Å². The van der Waals surface area contributed by atoms with E-state index in [0.29, 0.717) is 0 Å². The van der Waals surface area contributed by atoms with E-state index in [2.05, 4.69) is 86.8 Å². The standard InChI is InChI=1S/C18H20.2C7H8O.2CH5N/c1-17(2)13-18(3,14-9-5-4-6-10-14)16-12-8-7-11-15(16)17;2*1-8-7-5-3-2-4-6-7;2*1-2/h4-12H,13H2,1-3H3;2*2-6H,1H3;2*2H2,1H3. The summed E-state index contributed by atoms with van der Waals surface area (Å²) < 4.78 is 9.83. The van der Waals surface area contributed by atoms with Gasteiger partial charge in [0.2, 0.25) is 0 Å². The Hall–Kier alpha value is -3.60. The average Bonchev–Trinajstić information content (AvgIpc) is 3.23. The van der Waals surface area contributed by atoms with Crippen molar-refractivity contribution >= 4 is 0 Å². The molecule has 5 rings (SSSR count). The molecule has 1 unspecified atom stereocenters. The van der Waals surface area contributed by atoms with Crippen LogP contribution in [-0.2, 0) is 10.8 Å². The Morgan fingerprint density at radius 1 is 0.500 bits per heavy atom. The number of methoxy groups -OCH3 is 2. The fraction of sp³-hybridized carbons (Fsp3) is 0.294. The summed E-state index contributed by atoms with van der Waals surface area (Å²) >= 11 is 0. The number of fused-ring (bicyclic) bond motifs is 1. The predicted octanol–water partition coefficient (Wildman–Crippen LogP) is 7.21. The molecular weight excluding hydrogens is 468 g/mol. The number of rotatable bonds is 3. The molecule has 204 valence electrons. The minimum absolute atomic E-state index is 0.154. The highest BCUT2D eigenvalue weighted by molar-refractivity contribution is 5.51. The summed E-state index contributed by atoms with van der Waals surface area (Å²) in [5, 5.41) is 0. The van der Waals surface area contributed by atoms with Gasteiger partial charge in [0, 0.05) is 5.41 Å². The molecule has 4 heteroatoms. The fourth-order valence-corrected chi connectivity index (χ4v) is 4.81. The quantitative estimate of drug-likeness (QED) is 0.303. The predicted molar refractivity (Wildman–Crippen MR) is 163 cm³/mol. The van der Waals surface area contributed by atoms with Crippen molar-refractivity contribution in [2.45, 2.75) is 38.0 Å². The maximum Gasteiger partial charge on any atom is 0.118 e. The van der Waals surface area contributed by atoms with Gasteiger partial charge < -0.3 is 20.9 Å². The van der Waals surface area contributed by atoms with E-state index < -0.39 is 0 Å². The second-order valence-electron chi connectivity index (χ2n) is 9.34. The van der Waals surface area contributed by atoms with E-state index in [1.165, 1.54) is 37.2 Å². The molecule has 4 nitrogen and oxygen atoms in total. The Kier molecular flexibility index (Phi) is 14.5. The van der Waals surface area contributed by atoms with Crippen molar-refractivity contribution in [3.63, 3.8) is 0 Å². The van der Waals surface area contributed by atoms with Gasteiger partial charge in [0.05, 0.1) is 14.2 Å². The first-order valence-corrected chi connectivity index (χ1v) is 12.9. The molecule has 1 atom stereocenters. The van der Waals surface area contributed by atoms with Gasteiger partial charge in [-0.25, -0.2) is 0 Å². The molecule has 0 bridgehead atoms. The van der Waals surface area contributed by atoms with Gasteiger partial charge in [-0.2, -0.15) is 0 Å². The van der Waals surface area contributed by atoms with E-state index >= 15 is 0 Å². The van der Waals surface area contributed by atoms with Crippen LogP contribution in [-0.4, -0.2) is 28.3 Å². The van der Waals surface area contributed by atoms with Crippen LogP contribution in [0.4, 0.5) is 0 Å². The van der Waals surface area contributed by atoms with E-state index in [0.717, 1.165) is 11.5 Å². The average molecular weight is 515 g/mol.